The lowest BCUT2D eigenvalue weighted by Gasteiger charge is -2.22. The average Bonchev–Trinajstić information content (AvgIpc) is 3.54. The molecule has 176 valence electrons. The first-order valence-electron chi connectivity index (χ1n) is 11.3. The van der Waals surface area contributed by atoms with Crippen molar-refractivity contribution in [2.45, 2.75) is 44.8 Å². The maximum absolute atomic E-state index is 13.9. The maximum atomic E-state index is 13.9. The number of fused-ring (bicyclic) bond motifs is 1. The topological polar surface area (TPSA) is 102 Å². The van der Waals surface area contributed by atoms with Gasteiger partial charge in [-0.25, -0.2) is 14.1 Å². The molecule has 1 fully saturated rings. The largest absolute Gasteiger partial charge is 0.337 e. The highest BCUT2D eigenvalue weighted by atomic mass is 19.1. The van der Waals surface area contributed by atoms with Gasteiger partial charge in [-0.1, -0.05) is 18.2 Å². The van der Waals surface area contributed by atoms with Gasteiger partial charge >= 0.3 is 0 Å². The quantitative estimate of drug-likeness (QED) is 0.599. The summed E-state index contributed by atoms with van der Waals surface area (Å²) in [4.78, 5) is 43.8. The number of carbonyl (C=O) groups excluding carboxylic acids is 2. The molecule has 0 bridgehead atoms. The van der Waals surface area contributed by atoms with E-state index in [1.54, 1.807) is 29.8 Å². The summed E-state index contributed by atoms with van der Waals surface area (Å²) in [5, 5.41) is 6.86. The van der Waals surface area contributed by atoms with Gasteiger partial charge in [-0.3, -0.25) is 14.4 Å². The van der Waals surface area contributed by atoms with Crippen LogP contribution in [0, 0.1) is 11.7 Å². The number of hydrogen-bond acceptors (Lipinski definition) is 5. The van der Waals surface area contributed by atoms with Crippen LogP contribution in [0.1, 0.15) is 41.0 Å². The molecular weight excluding hydrogens is 439 g/mol. The van der Waals surface area contributed by atoms with Crippen LogP contribution in [-0.4, -0.2) is 44.2 Å². The standard InChI is InChI=1S/C24H25FN6O3/c1-29-20-10-21(32)30(11-15-6-7-15)12-17(20)8-9-19(24(29)34)27-23(33)22-26-14-31(28-22)13-16-4-2-3-5-18(16)25/h2-5,10,12,14-15,19H,6-9,11,13H2,1H3,(H,27,33)/t19-/m1/s1. The Morgan fingerprint density at radius 1 is 1.21 bits per heavy atom. The van der Waals surface area contributed by atoms with E-state index in [1.807, 2.05) is 6.20 Å². The number of amides is 2. The van der Waals surface area contributed by atoms with Crippen molar-refractivity contribution in [1.82, 2.24) is 24.6 Å². The van der Waals surface area contributed by atoms with E-state index in [0.29, 0.717) is 36.6 Å². The van der Waals surface area contributed by atoms with E-state index in [-0.39, 0.29) is 29.7 Å². The predicted octanol–water partition coefficient (Wildman–Crippen LogP) is 1.74. The lowest BCUT2D eigenvalue weighted by molar-refractivity contribution is -0.120. The number of hydrogen-bond donors (Lipinski definition) is 1. The van der Waals surface area contributed by atoms with E-state index in [1.165, 1.54) is 28.0 Å². The van der Waals surface area contributed by atoms with Gasteiger partial charge in [-0.15, -0.1) is 5.10 Å². The summed E-state index contributed by atoms with van der Waals surface area (Å²) >= 11 is 0. The Morgan fingerprint density at radius 3 is 2.76 bits per heavy atom. The van der Waals surface area contributed by atoms with Gasteiger partial charge in [0.25, 0.3) is 11.5 Å². The molecule has 0 saturated heterocycles. The van der Waals surface area contributed by atoms with Crippen LogP contribution in [0.5, 0.6) is 0 Å². The number of benzene rings is 1. The zero-order valence-electron chi connectivity index (χ0n) is 18.8. The molecule has 2 aromatic heterocycles. The average molecular weight is 465 g/mol. The minimum Gasteiger partial charge on any atom is -0.337 e. The molecule has 9 nitrogen and oxygen atoms in total. The second-order valence-corrected chi connectivity index (χ2v) is 8.94. The molecule has 1 aliphatic carbocycles. The molecule has 10 heteroatoms. The van der Waals surface area contributed by atoms with Crippen molar-refractivity contribution in [2.24, 2.45) is 5.92 Å². The van der Waals surface area contributed by atoms with Crippen LogP contribution in [0.3, 0.4) is 0 Å². The van der Waals surface area contributed by atoms with Gasteiger partial charge in [0.1, 0.15) is 18.2 Å². The van der Waals surface area contributed by atoms with Crippen molar-refractivity contribution in [2.75, 3.05) is 11.9 Å². The summed E-state index contributed by atoms with van der Waals surface area (Å²) < 4.78 is 17.0. The molecule has 0 radical (unpaired) electrons. The first-order chi connectivity index (χ1) is 16.4. The third kappa shape index (κ3) is 4.48. The van der Waals surface area contributed by atoms with Crippen LogP contribution in [0.15, 0.2) is 47.7 Å². The van der Waals surface area contributed by atoms with E-state index in [0.717, 1.165) is 18.4 Å². The second kappa shape index (κ2) is 8.85. The summed E-state index contributed by atoms with van der Waals surface area (Å²) in [6.07, 6.45) is 6.40. The monoisotopic (exact) mass is 464 g/mol. The Morgan fingerprint density at radius 2 is 2.00 bits per heavy atom. The number of pyridine rings is 1. The van der Waals surface area contributed by atoms with E-state index >= 15 is 0 Å². The molecule has 3 aromatic rings. The van der Waals surface area contributed by atoms with Gasteiger partial charge < -0.3 is 14.8 Å². The molecule has 1 aromatic carbocycles. The highest BCUT2D eigenvalue weighted by Crippen LogP contribution is 2.31. The fraction of sp³-hybridized carbons (Fsp3) is 0.375. The van der Waals surface area contributed by atoms with Crippen LogP contribution in [-0.2, 0) is 24.3 Å². The van der Waals surface area contributed by atoms with Crippen molar-refractivity contribution in [3.63, 3.8) is 0 Å². The summed E-state index contributed by atoms with van der Waals surface area (Å²) in [5.41, 5.74) is 1.78. The highest BCUT2D eigenvalue weighted by Gasteiger charge is 2.31. The van der Waals surface area contributed by atoms with Gasteiger partial charge in [0.15, 0.2) is 0 Å². The Balaban J connectivity index is 1.29. The number of rotatable bonds is 6. The number of aromatic nitrogens is 4. The van der Waals surface area contributed by atoms with E-state index in [4.69, 9.17) is 0 Å². The Labute approximate surface area is 195 Å². The minimum absolute atomic E-state index is 0.0994. The number of anilines is 1. The van der Waals surface area contributed by atoms with E-state index in [2.05, 4.69) is 15.4 Å². The second-order valence-electron chi connectivity index (χ2n) is 8.94. The first kappa shape index (κ1) is 22.0. The van der Waals surface area contributed by atoms with E-state index in [9.17, 15) is 18.8 Å². The van der Waals surface area contributed by atoms with Gasteiger partial charge in [-0.05, 0) is 43.2 Å². The van der Waals surface area contributed by atoms with Crippen molar-refractivity contribution in [3.05, 3.63) is 76.0 Å². The summed E-state index contributed by atoms with van der Waals surface area (Å²) in [6, 6.07) is 7.04. The third-order valence-electron chi connectivity index (χ3n) is 6.36. The van der Waals surface area contributed by atoms with Gasteiger partial charge in [0, 0.05) is 31.4 Å². The SMILES string of the molecule is CN1C(=O)[C@H](NC(=O)c2ncn(Cc3ccccc3F)n2)CCc2cn(CC3CC3)c(=O)cc21. The van der Waals surface area contributed by atoms with Crippen LogP contribution in [0.25, 0.3) is 0 Å². The van der Waals surface area contributed by atoms with E-state index < -0.39 is 11.9 Å². The van der Waals surface area contributed by atoms with Gasteiger partial charge in [0.2, 0.25) is 11.7 Å². The molecule has 1 aliphatic heterocycles. The molecule has 3 heterocycles. The fourth-order valence-corrected chi connectivity index (χ4v) is 4.25. The Hall–Kier alpha value is -3.82. The molecule has 2 aliphatic rings. The smallest absolute Gasteiger partial charge is 0.291 e. The Kier molecular flexibility index (Phi) is 5.72. The maximum Gasteiger partial charge on any atom is 0.291 e. The first-order valence-corrected chi connectivity index (χ1v) is 11.3. The normalized spacial score (nSPS) is 17.9. The number of nitrogens with zero attached hydrogens (tertiary/aromatic N) is 5. The van der Waals surface area contributed by atoms with Crippen molar-refractivity contribution in [1.29, 1.82) is 0 Å². The summed E-state index contributed by atoms with van der Waals surface area (Å²) in [5.74, 6) is -0.804. The highest BCUT2D eigenvalue weighted by molar-refractivity contribution is 6.01. The minimum atomic E-state index is -0.782. The zero-order valence-corrected chi connectivity index (χ0v) is 18.8. The molecule has 2 amide bonds. The van der Waals surface area contributed by atoms with Gasteiger partial charge in [-0.2, -0.15) is 0 Å². The molecule has 0 unspecified atom stereocenters. The molecule has 1 atom stereocenters. The molecule has 0 spiro atoms. The lowest BCUT2D eigenvalue weighted by atomic mass is 10.1. The number of likely N-dealkylation sites (N-methyl/N-ethyl adjacent to an activating group) is 1. The zero-order chi connectivity index (χ0) is 23.8. The van der Waals surface area contributed by atoms with Crippen LogP contribution >= 0.6 is 0 Å². The summed E-state index contributed by atoms with van der Waals surface area (Å²) in [6.45, 7) is 0.830. The third-order valence-corrected chi connectivity index (χ3v) is 6.36. The van der Waals surface area contributed by atoms with Crippen LogP contribution in [0.4, 0.5) is 10.1 Å². The van der Waals surface area contributed by atoms with Gasteiger partial charge in [0.05, 0.1) is 12.2 Å². The number of halogens is 1. The number of aryl methyl sites for hydroxylation is 1. The predicted molar refractivity (Wildman–Crippen MR) is 122 cm³/mol. The molecule has 5 rings (SSSR count). The fourth-order valence-electron chi connectivity index (χ4n) is 4.25. The van der Waals surface area contributed by atoms with Crippen LogP contribution < -0.4 is 15.8 Å². The lowest BCUT2D eigenvalue weighted by Crippen LogP contribution is -2.47. The van der Waals surface area contributed by atoms with Crippen molar-refractivity contribution >= 4 is 17.5 Å². The van der Waals surface area contributed by atoms with Crippen molar-refractivity contribution < 1.29 is 14.0 Å². The molecular formula is C24H25FN6O3. The van der Waals surface area contributed by atoms with Crippen molar-refractivity contribution in [3.8, 4) is 0 Å². The Bertz CT molecular complexity index is 1310. The molecule has 1 N–H and O–H groups in total. The van der Waals surface area contributed by atoms with Crippen LogP contribution in [0.2, 0.25) is 0 Å². The molecule has 1 saturated carbocycles. The number of nitrogens with one attached hydrogen (secondary N) is 1. The summed E-state index contributed by atoms with van der Waals surface area (Å²) in [7, 11) is 1.61. The number of carbonyl (C=O) groups is 2. The molecule has 34 heavy (non-hydrogen) atoms.